The first-order valence-electron chi connectivity index (χ1n) is 8.12. The fraction of sp³-hybridized carbons (Fsp3) is 0.857. The molecule has 2 unspecified atom stereocenters. The summed E-state index contributed by atoms with van der Waals surface area (Å²) in [5, 5.41) is 3.88. The van der Waals surface area contributed by atoms with Crippen molar-refractivity contribution in [3.05, 3.63) is 0 Å². The molecule has 0 aromatic rings. The van der Waals surface area contributed by atoms with E-state index in [1.165, 1.54) is 11.9 Å². The van der Waals surface area contributed by atoms with E-state index in [4.69, 9.17) is 4.55 Å². The predicted octanol–water partition coefficient (Wildman–Crippen LogP) is -0.219. The first-order chi connectivity index (χ1) is 11.3. The standard InChI is InChI=1S/C14H24N4O5S/c1-16-8-14(9-16)6-10(7-14)15-12(19)11-4-3-5-18(23-24(21)22)13(20)17(11)2/h10-11H,3-9H2,1-2H3,(H,15,19)(H,21,22). The summed E-state index contributed by atoms with van der Waals surface area (Å²) < 4.78 is 24.1. The van der Waals surface area contributed by atoms with Gasteiger partial charge >= 0.3 is 17.4 Å². The van der Waals surface area contributed by atoms with E-state index in [0.717, 1.165) is 31.0 Å². The molecule has 10 heteroatoms. The Hall–Kier alpha value is -1.23. The Balaban J connectivity index is 1.53. The number of likely N-dealkylation sites (tertiary alicyclic amines) is 1. The van der Waals surface area contributed by atoms with Gasteiger partial charge in [-0.3, -0.25) is 9.35 Å². The Morgan fingerprint density at radius 1 is 1.38 bits per heavy atom. The lowest BCUT2D eigenvalue weighted by molar-refractivity contribution is -0.130. The van der Waals surface area contributed by atoms with Crippen molar-refractivity contribution in [3.63, 3.8) is 0 Å². The lowest BCUT2D eigenvalue weighted by Crippen LogP contribution is -2.66. The van der Waals surface area contributed by atoms with Gasteiger partial charge in [0.25, 0.3) is 0 Å². The van der Waals surface area contributed by atoms with Crippen LogP contribution in [0.4, 0.5) is 4.79 Å². The van der Waals surface area contributed by atoms with Gasteiger partial charge in [0.15, 0.2) is 0 Å². The molecule has 2 heterocycles. The maximum Gasteiger partial charge on any atom is 0.345 e. The van der Waals surface area contributed by atoms with Crippen LogP contribution < -0.4 is 5.32 Å². The molecule has 0 radical (unpaired) electrons. The summed E-state index contributed by atoms with van der Waals surface area (Å²) in [4.78, 5) is 28.3. The molecule has 3 aliphatic rings. The maximum atomic E-state index is 12.5. The SMILES string of the molecule is CN1CC2(CC(NC(=O)C3CCCN(OS(=O)O)C(=O)N3C)C2)C1. The molecule has 1 spiro atoms. The minimum Gasteiger partial charge on any atom is -0.352 e. The summed E-state index contributed by atoms with van der Waals surface area (Å²) in [6.07, 6.45) is 3.00. The van der Waals surface area contributed by atoms with Crippen LogP contribution in [0.15, 0.2) is 0 Å². The number of nitrogens with one attached hydrogen (secondary N) is 1. The second-order valence-electron chi connectivity index (χ2n) is 7.23. The van der Waals surface area contributed by atoms with Gasteiger partial charge in [-0.25, -0.2) is 4.79 Å². The van der Waals surface area contributed by atoms with Gasteiger partial charge in [-0.15, -0.1) is 4.28 Å². The van der Waals surface area contributed by atoms with E-state index in [2.05, 4.69) is 21.5 Å². The van der Waals surface area contributed by atoms with Crippen molar-refractivity contribution in [3.8, 4) is 0 Å². The number of hydrogen-bond acceptors (Lipinski definition) is 5. The highest BCUT2D eigenvalue weighted by molar-refractivity contribution is 7.74. The highest BCUT2D eigenvalue weighted by atomic mass is 32.2. The van der Waals surface area contributed by atoms with Crippen LogP contribution in [0.2, 0.25) is 0 Å². The topological polar surface area (TPSA) is 102 Å². The molecule has 2 saturated heterocycles. The van der Waals surface area contributed by atoms with Crippen LogP contribution in [0.1, 0.15) is 25.7 Å². The van der Waals surface area contributed by atoms with Crippen LogP contribution in [-0.4, -0.2) is 81.4 Å². The van der Waals surface area contributed by atoms with Crippen LogP contribution in [-0.2, 0) is 20.4 Å². The number of urea groups is 1. The molecule has 2 aliphatic heterocycles. The summed E-state index contributed by atoms with van der Waals surface area (Å²) in [5.74, 6) is -0.162. The molecule has 0 aromatic heterocycles. The van der Waals surface area contributed by atoms with Crippen molar-refractivity contribution in [1.29, 1.82) is 0 Å². The van der Waals surface area contributed by atoms with Crippen molar-refractivity contribution in [2.45, 2.75) is 37.8 Å². The smallest absolute Gasteiger partial charge is 0.345 e. The van der Waals surface area contributed by atoms with Gasteiger partial charge in [-0.05, 0) is 38.1 Å². The Kier molecular flexibility index (Phi) is 4.82. The first kappa shape index (κ1) is 17.6. The molecule has 3 fully saturated rings. The third-order valence-corrected chi connectivity index (χ3v) is 5.50. The lowest BCUT2D eigenvalue weighted by Gasteiger charge is -2.58. The number of nitrogens with zero attached hydrogens (tertiary/aromatic N) is 3. The largest absolute Gasteiger partial charge is 0.352 e. The van der Waals surface area contributed by atoms with Gasteiger partial charge in [0.1, 0.15) is 6.04 Å². The molecular formula is C14H24N4O5S. The first-order valence-corrected chi connectivity index (χ1v) is 9.15. The quantitative estimate of drug-likeness (QED) is 0.672. The monoisotopic (exact) mass is 360 g/mol. The molecule has 0 aromatic carbocycles. The average molecular weight is 360 g/mol. The van der Waals surface area contributed by atoms with Gasteiger partial charge < -0.3 is 15.1 Å². The summed E-state index contributed by atoms with van der Waals surface area (Å²) in [5.41, 5.74) is 0.383. The van der Waals surface area contributed by atoms with Crippen LogP contribution in [0, 0.1) is 5.41 Å². The zero-order valence-electron chi connectivity index (χ0n) is 13.9. The van der Waals surface area contributed by atoms with Crippen LogP contribution in [0.25, 0.3) is 0 Å². The van der Waals surface area contributed by atoms with E-state index >= 15 is 0 Å². The molecule has 0 bridgehead atoms. The third-order valence-electron chi connectivity index (χ3n) is 5.19. The molecule has 136 valence electrons. The average Bonchev–Trinajstić information content (AvgIpc) is 2.56. The van der Waals surface area contributed by atoms with Gasteiger partial charge in [-0.1, -0.05) is 0 Å². The van der Waals surface area contributed by atoms with E-state index < -0.39 is 23.4 Å². The van der Waals surface area contributed by atoms with Gasteiger partial charge in [-0.2, -0.15) is 9.27 Å². The number of hydrogen-bond donors (Lipinski definition) is 2. The molecule has 9 nitrogen and oxygen atoms in total. The zero-order valence-corrected chi connectivity index (χ0v) is 14.8. The molecule has 24 heavy (non-hydrogen) atoms. The molecule has 3 rings (SSSR count). The van der Waals surface area contributed by atoms with E-state index in [9.17, 15) is 13.8 Å². The minimum absolute atomic E-state index is 0.162. The number of hydroxylamine groups is 2. The normalized spacial score (nSPS) is 29.0. The Morgan fingerprint density at radius 2 is 2.04 bits per heavy atom. The van der Waals surface area contributed by atoms with E-state index in [1.54, 1.807) is 0 Å². The Morgan fingerprint density at radius 3 is 2.62 bits per heavy atom. The highest BCUT2D eigenvalue weighted by Gasteiger charge is 2.51. The predicted molar refractivity (Wildman–Crippen MR) is 85.8 cm³/mol. The van der Waals surface area contributed by atoms with E-state index in [0.29, 0.717) is 18.3 Å². The second-order valence-corrected chi connectivity index (χ2v) is 7.81. The molecular weight excluding hydrogens is 336 g/mol. The van der Waals surface area contributed by atoms with Crippen molar-refractivity contribution >= 4 is 23.3 Å². The summed E-state index contributed by atoms with van der Waals surface area (Å²) >= 11 is -2.56. The van der Waals surface area contributed by atoms with Gasteiger partial charge in [0.2, 0.25) is 5.91 Å². The number of likely N-dealkylation sites (N-methyl/N-ethyl adjacent to an activating group) is 1. The fourth-order valence-corrected chi connectivity index (χ4v) is 4.51. The minimum atomic E-state index is -2.56. The van der Waals surface area contributed by atoms with Crippen LogP contribution in [0.3, 0.4) is 0 Å². The fourth-order valence-electron chi connectivity index (χ4n) is 4.22. The second kappa shape index (κ2) is 6.58. The Labute approximate surface area is 143 Å². The van der Waals surface area contributed by atoms with E-state index in [1.807, 2.05) is 0 Å². The maximum absolute atomic E-state index is 12.5. The van der Waals surface area contributed by atoms with Gasteiger partial charge in [0, 0.05) is 26.2 Å². The molecule has 3 amide bonds. The van der Waals surface area contributed by atoms with Crippen LogP contribution in [0.5, 0.6) is 0 Å². The third kappa shape index (κ3) is 3.41. The number of rotatable bonds is 4. The zero-order chi connectivity index (χ0) is 17.5. The number of carbonyl (C=O) groups is 2. The van der Waals surface area contributed by atoms with Crippen molar-refractivity contribution < 1.29 is 22.6 Å². The summed E-state index contributed by atoms with van der Waals surface area (Å²) in [7, 11) is 3.61. The Bertz CT molecular complexity index is 545. The van der Waals surface area contributed by atoms with Crippen LogP contribution >= 0.6 is 0 Å². The molecule has 1 saturated carbocycles. The van der Waals surface area contributed by atoms with Crippen molar-refractivity contribution in [1.82, 2.24) is 20.2 Å². The molecule has 2 atom stereocenters. The summed E-state index contributed by atoms with van der Waals surface area (Å²) in [6.45, 7) is 2.36. The molecule has 2 N–H and O–H groups in total. The van der Waals surface area contributed by atoms with Gasteiger partial charge in [0.05, 0.1) is 6.54 Å². The summed E-state index contributed by atoms with van der Waals surface area (Å²) in [6, 6.07) is -0.991. The molecule has 1 aliphatic carbocycles. The lowest BCUT2D eigenvalue weighted by atomic mass is 9.61. The highest BCUT2D eigenvalue weighted by Crippen LogP contribution is 2.47. The van der Waals surface area contributed by atoms with Crippen molar-refractivity contribution in [2.75, 3.05) is 33.7 Å². The number of carbonyl (C=O) groups excluding carboxylic acids is 2. The van der Waals surface area contributed by atoms with Crippen molar-refractivity contribution in [2.24, 2.45) is 5.41 Å². The number of amides is 3. The van der Waals surface area contributed by atoms with E-state index in [-0.39, 0.29) is 18.5 Å².